The van der Waals surface area contributed by atoms with Crippen LogP contribution in [0.15, 0.2) is 6.07 Å². The Morgan fingerprint density at radius 2 is 1.81 bits per heavy atom. The maximum absolute atomic E-state index is 5.59. The molecular weight excluding hydrogens is 208 g/mol. The van der Waals surface area contributed by atoms with E-state index >= 15 is 0 Å². The van der Waals surface area contributed by atoms with Crippen molar-refractivity contribution in [3.8, 4) is 11.8 Å². The SMILES string of the molecule is COc1cc(OC)nc(N(C)C(C)CN)n1. The van der Waals surface area contributed by atoms with Gasteiger partial charge in [-0.1, -0.05) is 0 Å². The molecule has 1 aromatic rings. The average molecular weight is 226 g/mol. The van der Waals surface area contributed by atoms with Crippen LogP contribution < -0.4 is 20.1 Å². The highest BCUT2D eigenvalue weighted by Crippen LogP contribution is 2.20. The Morgan fingerprint density at radius 1 is 1.31 bits per heavy atom. The van der Waals surface area contributed by atoms with Gasteiger partial charge in [-0.05, 0) is 6.92 Å². The highest BCUT2D eigenvalue weighted by atomic mass is 16.5. The van der Waals surface area contributed by atoms with Crippen LogP contribution in [0.4, 0.5) is 5.95 Å². The summed E-state index contributed by atoms with van der Waals surface area (Å²) in [6.45, 7) is 2.52. The molecule has 0 aromatic carbocycles. The number of nitrogens with two attached hydrogens (primary N) is 1. The molecule has 6 nitrogen and oxygen atoms in total. The van der Waals surface area contributed by atoms with E-state index in [1.165, 1.54) is 0 Å². The van der Waals surface area contributed by atoms with Crippen LogP contribution in [0.25, 0.3) is 0 Å². The Hall–Kier alpha value is -1.56. The second kappa shape index (κ2) is 5.50. The van der Waals surface area contributed by atoms with Gasteiger partial charge in [0.1, 0.15) is 0 Å². The first-order valence-electron chi connectivity index (χ1n) is 5.02. The van der Waals surface area contributed by atoms with Gasteiger partial charge < -0.3 is 20.1 Å². The van der Waals surface area contributed by atoms with Crippen LogP contribution in [0.5, 0.6) is 11.8 Å². The summed E-state index contributed by atoms with van der Waals surface area (Å²) >= 11 is 0. The number of methoxy groups -OCH3 is 2. The fraction of sp³-hybridized carbons (Fsp3) is 0.600. The molecule has 1 rings (SSSR count). The molecule has 16 heavy (non-hydrogen) atoms. The first kappa shape index (κ1) is 12.5. The van der Waals surface area contributed by atoms with E-state index in [9.17, 15) is 0 Å². The van der Waals surface area contributed by atoms with Gasteiger partial charge in [-0.2, -0.15) is 9.97 Å². The monoisotopic (exact) mass is 226 g/mol. The van der Waals surface area contributed by atoms with Crippen LogP contribution in [0, 0.1) is 0 Å². The van der Waals surface area contributed by atoms with Gasteiger partial charge in [0.2, 0.25) is 17.7 Å². The van der Waals surface area contributed by atoms with Crippen LogP contribution in [0.2, 0.25) is 0 Å². The van der Waals surface area contributed by atoms with Crippen molar-refractivity contribution in [2.45, 2.75) is 13.0 Å². The lowest BCUT2D eigenvalue weighted by atomic mass is 10.3. The third-order valence-corrected chi connectivity index (χ3v) is 2.40. The predicted molar refractivity (Wildman–Crippen MR) is 62.1 cm³/mol. The summed E-state index contributed by atoms with van der Waals surface area (Å²) in [6, 6.07) is 1.78. The Kier molecular flexibility index (Phi) is 4.30. The summed E-state index contributed by atoms with van der Waals surface area (Å²) in [5.41, 5.74) is 5.59. The summed E-state index contributed by atoms with van der Waals surface area (Å²) in [6.07, 6.45) is 0. The van der Waals surface area contributed by atoms with Gasteiger partial charge in [0.25, 0.3) is 0 Å². The number of hydrogen-bond acceptors (Lipinski definition) is 6. The van der Waals surface area contributed by atoms with E-state index in [0.29, 0.717) is 24.3 Å². The number of rotatable bonds is 5. The minimum atomic E-state index is 0.150. The lowest BCUT2D eigenvalue weighted by Gasteiger charge is -2.23. The smallest absolute Gasteiger partial charge is 0.231 e. The molecule has 0 aliphatic heterocycles. The number of anilines is 1. The van der Waals surface area contributed by atoms with Gasteiger partial charge in [0, 0.05) is 19.6 Å². The molecule has 1 atom stereocenters. The lowest BCUT2D eigenvalue weighted by Crippen LogP contribution is -2.36. The van der Waals surface area contributed by atoms with Gasteiger partial charge in [-0.3, -0.25) is 0 Å². The van der Waals surface area contributed by atoms with Crippen LogP contribution in [0.3, 0.4) is 0 Å². The molecule has 0 fully saturated rings. The Labute approximate surface area is 95.4 Å². The fourth-order valence-electron chi connectivity index (χ4n) is 1.11. The van der Waals surface area contributed by atoms with Crippen LogP contribution >= 0.6 is 0 Å². The first-order valence-corrected chi connectivity index (χ1v) is 5.02. The van der Waals surface area contributed by atoms with E-state index in [1.54, 1.807) is 20.3 Å². The minimum Gasteiger partial charge on any atom is -0.481 e. The van der Waals surface area contributed by atoms with E-state index in [1.807, 2.05) is 18.9 Å². The highest BCUT2D eigenvalue weighted by Gasteiger charge is 2.13. The van der Waals surface area contributed by atoms with E-state index in [0.717, 1.165) is 0 Å². The molecule has 6 heteroatoms. The van der Waals surface area contributed by atoms with Gasteiger partial charge >= 0.3 is 0 Å². The molecule has 0 amide bonds. The topological polar surface area (TPSA) is 73.5 Å². The van der Waals surface area contributed by atoms with Crippen molar-refractivity contribution in [3.63, 3.8) is 0 Å². The summed E-state index contributed by atoms with van der Waals surface area (Å²) in [5, 5.41) is 0. The Morgan fingerprint density at radius 3 is 2.19 bits per heavy atom. The minimum absolute atomic E-state index is 0.150. The molecule has 0 radical (unpaired) electrons. The molecule has 0 bridgehead atoms. The zero-order valence-electron chi connectivity index (χ0n) is 10.1. The Bertz CT molecular complexity index is 323. The van der Waals surface area contributed by atoms with Crippen LogP contribution in [-0.4, -0.2) is 43.8 Å². The molecule has 1 heterocycles. The van der Waals surface area contributed by atoms with Gasteiger partial charge in [0.15, 0.2) is 0 Å². The molecule has 0 aliphatic rings. The number of nitrogens with zero attached hydrogens (tertiary/aromatic N) is 3. The zero-order chi connectivity index (χ0) is 12.1. The third kappa shape index (κ3) is 2.73. The normalized spacial score (nSPS) is 12.1. The number of aromatic nitrogens is 2. The van der Waals surface area contributed by atoms with Crippen LogP contribution in [-0.2, 0) is 0 Å². The van der Waals surface area contributed by atoms with Crippen molar-refractivity contribution in [1.29, 1.82) is 0 Å². The van der Waals surface area contributed by atoms with Crippen molar-refractivity contribution >= 4 is 5.95 Å². The maximum Gasteiger partial charge on any atom is 0.231 e. The zero-order valence-corrected chi connectivity index (χ0v) is 10.1. The number of ether oxygens (including phenoxy) is 2. The summed E-state index contributed by atoms with van der Waals surface area (Å²) < 4.78 is 10.1. The molecule has 0 spiro atoms. The maximum atomic E-state index is 5.59. The molecule has 0 aliphatic carbocycles. The summed E-state index contributed by atoms with van der Waals surface area (Å²) in [4.78, 5) is 10.3. The molecule has 2 N–H and O–H groups in total. The molecular formula is C10H18N4O2. The second-order valence-corrected chi connectivity index (χ2v) is 3.45. The molecule has 1 unspecified atom stereocenters. The summed E-state index contributed by atoms with van der Waals surface area (Å²) in [5.74, 6) is 1.48. The van der Waals surface area contributed by atoms with Gasteiger partial charge in [0.05, 0.1) is 20.3 Å². The lowest BCUT2D eigenvalue weighted by molar-refractivity contribution is 0.371. The standard InChI is InChI=1S/C10H18N4O2/c1-7(6-11)14(2)10-12-8(15-3)5-9(13-10)16-4/h5,7H,6,11H2,1-4H3. The van der Waals surface area contributed by atoms with Gasteiger partial charge in [-0.15, -0.1) is 0 Å². The fourth-order valence-corrected chi connectivity index (χ4v) is 1.11. The van der Waals surface area contributed by atoms with Crippen LogP contribution in [0.1, 0.15) is 6.92 Å². The van der Waals surface area contributed by atoms with E-state index < -0.39 is 0 Å². The number of hydrogen-bond donors (Lipinski definition) is 1. The van der Waals surface area contributed by atoms with Crippen molar-refractivity contribution in [3.05, 3.63) is 6.07 Å². The summed E-state index contributed by atoms with van der Waals surface area (Å²) in [7, 11) is 4.99. The van der Waals surface area contributed by atoms with Gasteiger partial charge in [-0.25, -0.2) is 0 Å². The molecule has 1 aromatic heterocycles. The molecule has 90 valence electrons. The van der Waals surface area contributed by atoms with Crippen molar-refractivity contribution in [2.75, 3.05) is 32.7 Å². The van der Waals surface area contributed by atoms with Crippen molar-refractivity contribution in [2.24, 2.45) is 5.73 Å². The largest absolute Gasteiger partial charge is 0.481 e. The van der Waals surface area contributed by atoms with Crippen molar-refractivity contribution < 1.29 is 9.47 Å². The highest BCUT2D eigenvalue weighted by molar-refractivity contribution is 5.36. The second-order valence-electron chi connectivity index (χ2n) is 3.45. The van der Waals surface area contributed by atoms with E-state index in [2.05, 4.69) is 9.97 Å². The quantitative estimate of drug-likeness (QED) is 0.777. The third-order valence-electron chi connectivity index (χ3n) is 2.40. The van der Waals surface area contributed by atoms with E-state index in [-0.39, 0.29) is 6.04 Å². The van der Waals surface area contributed by atoms with Crippen molar-refractivity contribution in [1.82, 2.24) is 9.97 Å². The molecule has 0 saturated heterocycles. The predicted octanol–water partition coefficient (Wildman–Crippen LogP) is 0.277. The molecule has 0 saturated carbocycles. The Balaban J connectivity index is 3.02. The number of likely N-dealkylation sites (N-methyl/N-ethyl adjacent to an activating group) is 1. The first-order chi connectivity index (χ1) is 7.62. The average Bonchev–Trinajstić information content (AvgIpc) is 2.35. The van der Waals surface area contributed by atoms with E-state index in [4.69, 9.17) is 15.2 Å².